The van der Waals surface area contributed by atoms with Gasteiger partial charge in [0.2, 0.25) is 5.91 Å². The highest BCUT2D eigenvalue weighted by Gasteiger charge is 2.27. The van der Waals surface area contributed by atoms with Gasteiger partial charge < -0.3 is 10.6 Å². The molecule has 1 rings (SSSR count). The molecule has 0 aromatic heterocycles. The van der Waals surface area contributed by atoms with E-state index in [0.717, 1.165) is 19.4 Å². The zero-order valence-electron chi connectivity index (χ0n) is 8.36. The molecule has 0 aromatic carbocycles. The summed E-state index contributed by atoms with van der Waals surface area (Å²) in [5.74, 6) is -0.446. The van der Waals surface area contributed by atoms with Crippen molar-refractivity contribution in [2.45, 2.75) is 25.4 Å². The van der Waals surface area contributed by atoms with Gasteiger partial charge in [0.25, 0.3) is 0 Å². The van der Waals surface area contributed by atoms with Crippen molar-refractivity contribution in [1.82, 2.24) is 10.6 Å². The number of piperidine rings is 1. The molecular weight excluding hydrogens is 209 g/mol. The third-order valence-corrected chi connectivity index (χ3v) is 2.38. The van der Waals surface area contributed by atoms with Crippen LogP contribution in [0.15, 0.2) is 0 Å². The van der Waals surface area contributed by atoms with Crippen LogP contribution in [0.4, 0.5) is 13.2 Å². The van der Waals surface area contributed by atoms with E-state index in [0.29, 0.717) is 6.54 Å². The number of carbonyl (C=O) groups excluding carboxylic acids is 1. The molecule has 1 atom stereocenters. The smallest absolute Gasteiger partial charge is 0.355 e. The minimum Gasteiger partial charge on any atom is -0.355 e. The average Bonchev–Trinajstić information content (AvgIpc) is 2.17. The maximum Gasteiger partial charge on any atom is 0.390 e. The van der Waals surface area contributed by atoms with Crippen molar-refractivity contribution in [2.75, 3.05) is 19.6 Å². The summed E-state index contributed by atoms with van der Waals surface area (Å²) < 4.78 is 35.4. The number of halogens is 3. The molecule has 0 spiro atoms. The largest absolute Gasteiger partial charge is 0.390 e. The molecule has 1 saturated heterocycles. The number of alkyl halides is 3. The Morgan fingerprint density at radius 2 is 2.20 bits per heavy atom. The normalized spacial score (nSPS) is 22.5. The molecule has 0 radical (unpaired) electrons. The van der Waals surface area contributed by atoms with E-state index in [1.165, 1.54) is 0 Å². The van der Waals surface area contributed by atoms with Gasteiger partial charge in [0.15, 0.2) is 0 Å². The first-order chi connectivity index (χ1) is 6.99. The van der Waals surface area contributed by atoms with E-state index in [2.05, 4.69) is 10.6 Å². The lowest BCUT2D eigenvalue weighted by Gasteiger charge is -2.21. The predicted octanol–water partition coefficient (Wildman–Crippen LogP) is 1.05. The quantitative estimate of drug-likeness (QED) is 0.752. The molecule has 1 amide bonds. The van der Waals surface area contributed by atoms with E-state index in [4.69, 9.17) is 0 Å². The summed E-state index contributed by atoms with van der Waals surface area (Å²) in [5.41, 5.74) is 0. The van der Waals surface area contributed by atoms with Crippen molar-refractivity contribution in [3.63, 3.8) is 0 Å². The fourth-order valence-corrected chi connectivity index (χ4v) is 1.55. The van der Waals surface area contributed by atoms with Crippen LogP contribution in [-0.2, 0) is 4.79 Å². The van der Waals surface area contributed by atoms with E-state index >= 15 is 0 Å². The van der Waals surface area contributed by atoms with Crippen molar-refractivity contribution in [3.05, 3.63) is 0 Å². The first-order valence-electron chi connectivity index (χ1n) is 5.04. The highest BCUT2D eigenvalue weighted by Crippen LogP contribution is 2.18. The molecule has 0 bridgehead atoms. The summed E-state index contributed by atoms with van der Waals surface area (Å²) >= 11 is 0. The van der Waals surface area contributed by atoms with Crippen LogP contribution in [0, 0.1) is 5.92 Å². The molecule has 1 unspecified atom stereocenters. The average molecular weight is 224 g/mol. The monoisotopic (exact) mass is 224 g/mol. The molecule has 1 heterocycles. The molecule has 1 fully saturated rings. The summed E-state index contributed by atoms with van der Waals surface area (Å²) in [6.07, 6.45) is -3.50. The standard InChI is InChI=1S/C9H15F3N2O/c10-9(11,12)3-5-14-8(15)7-2-1-4-13-6-7/h7,13H,1-6H2,(H,14,15). The number of carbonyl (C=O) groups is 1. The van der Waals surface area contributed by atoms with Gasteiger partial charge in [-0.15, -0.1) is 0 Å². The second-order valence-corrected chi connectivity index (χ2v) is 3.70. The number of amides is 1. The molecule has 88 valence electrons. The summed E-state index contributed by atoms with van der Waals surface area (Å²) in [5, 5.41) is 5.35. The molecule has 1 aliphatic rings. The molecule has 15 heavy (non-hydrogen) atoms. The highest BCUT2D eigenvalue weighted by atomic mass is 19.4. The van der Waals surface area contributed by atoms with Crippen LogP contribution in [-0.4, -0.2) is 31.7 Å². The van der Waals surface area contributed by atoms with Gasteiger partial charge in [0.05, 0.1) is 12.3 Å². The third-order valence-electron chi connectivity index (χ3n) is 2.38. The second kappa shape index (κ2) is 5.34. The number of rotatable bonds is 3. The fourth-order valence-electron chi connectivity index (χ4n) is 1.55. The molecule has 0 saturated carbocycles. The summed E-state index contributed by atoms with van der Waals surface area (Å²) in [6.45, 7) is 1.13. The minimum absolute atomic E-state index is 0.174. The van der Waals surface area contributed by atoms with Crippen molar-refractivity contribution in [1.29, 1.82) is 0 Å². The van der Waals surface area contributed by atoms with E-state index in [-0.39, 0.29) is 18.4 Å². The van der Waals surface area contributed by atoms with Crippen LogP contribution in [0.1, 0.15) is 19.3 Å². The molecule has 0 aliphatic carbocycles. The molecule has 2 N–H and O–H groups in total. The van der Waals surface area contributed by atoms with E-state index in [1.807, 2.05) is 0 Å². The number of nitrogens with one attached hydrogen (secondary N) is 2. The fraction of sp³-hybridized carbons (Fsp3) is 0.889. The van der Waals surface area contributed by atoms with Crippen LogP contribution in [0.5, 0.6) is 0 Å². The molecule has 3 nitrogen and oxygen atoms in total. The van der Waals surface area contributed by atoms with Crippen molar-refractivity contribution >= 4 is 5.91 Å². The summed E-state index contributed by atoms with van der Waals surface area (Å²) in [6, 6.07) is 0. The maximum absolute atomic E-state index is 11.8. The number of hydrogen-bond donors (Lipinski definition) is 2. The second-order valence-electron chi connectivity index (χ2n) is 3.70. The van der Waals surface area contributed by atoms with Gasteiger partial charge in [-0.3, -0.25) is 4.79 Å². The van der Waals surface area contributed by atoms with Crippen LogP contribution in [0.25, 0.3) is 0 Å². The van der Waals surface area contributed by atoms with Gasteiger partial charge in [-0.25, -0.2) is 0 Å². The Morgan fingerprint density at radius 3 is 2.73 bits per heavy atom. The van der Waals surface area contributed by atoms with Gasteiger partial charge >= 0.3 is 6.18 Å². The van der Waals surface area contributed by atoms with Gasteiger partial charge in [0, 0.05) is 13.1 Å². The minimum atomic E-state index is -4.20. The Balaban J connectivity index is 2.17. The Bertz CT molecular complexity index is 212. The maximum atomic E-state index is 11.8. The van der Waals surface area contributed by atoms with E-state index < -0.39 is 12.6 Å². The van der Waals surface area contributed by atoms with Gasteiger partial charge in [-0.2, -0.15) is 13.2 Å². The van der Waals surface area contributed by atoms with Crippen molar-refractivity contribution in [3.8, 4) is 0 Å². The first kappa shape index (κ1) is 12.3. The topological polar surface area (TPSA) is 41.1 Å². The Labute approximate surface area is 86.4 Å². The Kier molecular flexibility index (Phi) is 4.38. The zero-order valence-corrected chi connectivity index (χ0v) is 8.36. The summed E-state index contributed by atoms with van der Waals surface area (Å²) in [4.78, 5) is 11.4. The first-order valence-corrected chi connectivity index (χ1v) is 5.04. The molecule has 1 aliphatic heterocycles. The number of hydrogen-bond acceptors (Lipinski definition) is 2. The lowest BCUT2D eigenvalue weighted by molar-refractivity contribution is -0.136. The van der Waals surface area contributed by atoms with Crippen molar-refractivity contribution < 1.29 is 18.0 Å². The SMILES string of the molecule is O=C(NCCC(F)(F)F)C1CCCNC1. The van der Waals surface area contributed by atoms with Crippen LogP contribution < -0.4 is 10.6 Å². The van der Waals surface area contributed by atoms with Gasteiger partial charge in [-0.05, 0) is 19.4 Å². The third kappa shape index (κ3) is 5.01. The van der Waals surface area contributed by atoms with Crippen LogP contribution in [0.2, 0.25) is 0 Å². The van der Waals surface area contributed by atoms with Crippen molar-refractivity contribution in [2.24, 2.45) is 5.92 Å². The predicted molar refractivity (Wildman–Crippen MR) is 49.3 cm³/mol. The van der Waals surface area contributed by atoms with E-state index in [1.54, 1.807) is 0 Å². The highest BCUT2D eigenvalue weighted by molar-refractivity contribution is 5.78. The van der Waals surface area contributed by atoms with Gasteiger partial charge in [-0.1, -0.05) is 0 Å². The lowest BCUT2D eigenvalue weighted by Crippen LogP contribution is -2.41. The van der Waals surface area contributed by atoms with Crippen LogP contribution in [0.3, 0.4) is 0 Å². The van der Waals surface area contributed by atoms with E-state index in [9.17, 15) is 18.0 Å². The lowest BCUT2D eigenvalue weighted by atomic mass is 9.99. The Morgan fingerprint density at radius 1 is 1.47 bits per heavy atom. The van der Waals surface area contributed by atoms with Crippen LogP contribution >= 0.6 is 0 Å². The molecule has 6 heteroatoms. The molecular formula is C9H15F3N2O. The van der Waals surface area contributed by atoms with Gasteiger partial charge in [0.1, 0.15) is 0 Å². The Hall–Kier alpha value is -0.780. The zero-order chi connectivity index (χ0) is 11.3. The molecule has 0 aromatic rings. The summed E-state index contributed by atoms with van der Waals surface area (Å²) in [7, 11) is 0.